The molecule has 0 radical (unpaired) electrons. The number of nitrogens with zero attached hydrogens (tertiary/aromatic N) is 6. The van der Waals surface area contributed by atoms with Gasteiger partial charge in [0.1, 0.15) is 6.54 Å². The summed E-state index contributed by atoms with van der Waals surface area (Å²) in [5.74, 6) is 0.412. The zero-order chi connectivity index (χ0) is 17.4. The summed E-state index contributed by atoms with van der Waals surface area (Å²) in [7, 11) is 1.94. The van der Waals surface area contributed by atoms with Crippen LogP contribution in [0.1, 0.15) is 55.3 Å². The van der Waals surface area contributed by atoms with E-state index in [0.29, 0.717) is 18.5 Å². The van der Waals surface area contributed by atoms with Gasteiger partial charge < -0.3 is 4.90 Å². The molecule has 0 N–H and O–H groups in total. The van der Waals surface area contributed by atoms with Gasteiger partial charge in [-0.1, -0.05) is 19.1 Å². The van der Waals surface area contributed by atoms with Gasteiger partial charge in [-0.25, -0.2) is 4.68 Å². The van der Waals surface area contributed by atoms with Crippen molar-refractivity contribution in [2.75, 3.05) is 0 Å². The van der Waals surface area contributed by atoms with Crippen LogP contribution in [0.4, 0.5) is 0 Å². The Labute approximate surface area is 142 Å². The third-order valence-corrected chi connectivity index (χ3v) is 4.74. The second-order valence-corrected chi connectivity index (χ2v) is 7.02. The lowest BCUT2D eigenvalue weighted by molar-refractivity contribution is -0.133. The van der Waals surface area contributed by atoms with Gasteiger partial charge in [-0.2, -0.15) is 5.10 Å². The molecule has 2 aromatic heterocycles. The van der Waals surface area contributed by atoms with Crippen LogP contribution in [0.3, 0.4) is 0 Å². The second-order valence-electron chi connectivity index (χ2n) is 7.02. The highest BCUT2D eigenvalue weighted by atomic mass is 16.2. The van der Waals surface area contributed by atoms with Crippen molar-refractivity contribution in [2.45, 2.75) is 65.6 Å². The number of hydrogen-bond acceptors (Lipinski definition) is 4. The van der Waals surface area contributed by atoms with Crippen molar-refractivity contribution in [3.8, 4) is 0 Å². The molecule has 1 aliphatic carbocycles. The summed E-state index contributed by atoms with van der Waals surface area (Å²) < 4.78 is 3.53. The molecular formula is C17H26N6O. The Balaban J connectivity index is 1.74. The molecule has 7 nitrogen and oxygen atoms in total. The van der Waals surface area contributed by atoms with Gasteiger partial charge in [0.15, 0.2) is 0 Å². The molecule has 0 aliphatic heterocycles. The summed E-state index contributed by atoms with van der Waals surface area (Å²) >= 11 is 0. The molecule has 2 aromatic rings. The molecule has 0 saturated heterocycles. The normalized spacial score (nSPS) is 14.4. The maximum atomic E-state index is 12.8. The predicted octanol–water partition coefficient (Wildman–Crippen LogP) is 1.94. The summed E-state index contributed by atoms with van der Waals surface area (Å²) in [5, 5.41) is 12.7. The third-order valence-electron chi connectivity index (χ3n) is 4.74. The number of hydrogen-bond donors (Lipinski definition) is 0. The Bertz CT molecular complexity index is 740. The SMILES string of the molecule is Cc1nn(C)c(C)c1CN(C(=O)Cn1cc(C(C)C)nn1)C1CC1. The summed E-state index contributed by atoms with van der Waals surface area (Å²) in [6.07, 6.45) is 4.03. The second kappa shape index (κ2) is 6.37. The van der Waals surface area contributed by atoms with Gasteiger partial charge in [0.05, 0.1) is 11.4 Å². The van der Waals surface area contributed by atoms with Crippen LogP contribution < -0.4 is 0 Å². The first kappa shape index (κ1) is 16.7. The lowest BCUT2D eigenvalue weighted by Crippen LogP contribution is -2.35. The molecule has 1 saturated carbocycles. The van der Waals surface area contributed by atoms with E-state index in [1.165, 1.54) is 0 Å². The number of aromatic nitrogens is 5. The first-order valence-corrected chi connectivity index (χ1v) is 8.55. The van der Waals surface area contributed by atoms with Crippen molar-refractivity contribution in [1.82, 2.24) is 29.7 Å². The van der Waals surface area contributed by atoms with Gasteiger partial charge in [0.2, 0.25) is 5.91 Å². The molecule has 0 bridgehead atoms. The zero-order valence-electron chi connectivity index (χ0n) is 15.2. The van der Waals surface area contributed by atoms with Crippen LogP contribution in [-0.2, 0) is 24.9 Å². The van der Waals surface area contributed by atoms with Crippen LogP contribution >= 0.6 is 0 Å². The van der Waals surface area contributed by atoms with Crippen molar-refractivity contribution in [3.63, 3.8) is 0 Å². The van der Waals surface area contributed by atoms with Crippen LogP contribution in [0.2, 0.25) is 0 Å². The Morgan fingerprint density at radius 2 is 2.08 bits per heavy atom. The highest BCUT2D eigenvalue weighted by Gasteiger charge is 2.33. The largest absolute Gasteiger partial charge is 0.334 e. The summed E-state index contributed by atoms with van der Waals surface area (Å²) in [4.78, 5) is 14.8. The lowest BCUT2D eigenvalue weighted by atomic mass is 10.1. The number of aryl methyl sites for hydroxylation is 2. The molecule has 24 heavy (non-hydrogen) atoms. The van der Waals surface area contributed by atoms with E-state index in [4.69, 9.17) is 0 Å². The summed E-state index contributed by atoms with van der Waals surface area (Å²) in [5.41, 5.74) is 4.18. The smallest absolute Gasteiger partial charge is 0.244 e. The molecule has 0 aromatic carbocycles. The van der Waals surface area contributed by atoms with E-state index in [9.17, 15) is 4.79 Å². The van der Waals surface area contributed by atoms with Crippen molar-refractivity contribution in [1.29, 1.82) is 0 Å². The van der Waals surface area contributed by atoms with Gasteiger partial charge >= 0.3 is 0 Å². The average Bonchev–Trinajstić information content (AvgIpc) is 3.19. The van der Waals surface area contributed by atoms with Gasteiger partial charge in [-0.3, -0.25) is 9.48 Å². The van der Waals surface area contributed by atoms with E-state index >= 15 is 0 Å². The number of carbonyl (C=O) groups is 1. The van der Waals surface area contributed by atoms with Crippen LogP contribution in [0.5, 0.6) is 0 Å². The Morgan fingerprint density at radius 3 is 2.58 bits per heavy atom. The number of rotatable bonds is 6. The monoisotopic (exact) mass is 330 g/mol. The molecule has 2 heterocycles. The van der Waals surface area contributed by atoms with Crippen molar-refractivity contribution in [3.05, 3.63) is 28.8 Å². The van der Waals surface area contributed by atoms with Crippen LogP contribution in [-0.4, -0.2) is 41.6 Å². The van der Waals surface area contributed by atoms with Gasteiger partial charge in [-0.05, 0) is 32.6 Å². The van der Waals surface area contributed by atoms with Crippen LogP contribution in [0.25, 0.3) is 0 Å². The number of amides is 1. The molecule has 1 fully saturated rings. The van der Waals surface area contributed by atoms with E-state index in [0.717, 1.165) is 35.5 Å². The summed E-state index contributed by atoms with van der Waals surface area (Å²) in [6, 6.07) is 0.351. The molecule has 0 spiro atoms. The highest BCUT2D eigenvalue weighted by molar-refractivity contribution is 5.76. The molecular weight excluding hydrogens is 304 g/mol. The lowest BCUT2D eigenvalue weighted by Gasteiger charge is -2.22. The minimum absolute atomic E-state index is 0.0976. The average molecular weight is 330 g/mol. The topological polar surface area (TPSA) is 68.8 Å². The maximum Gasteiger partial charge on any atom is 0.244 e. The number of carbonyl (C=O) groups excluding carboxylic acids is 1. The third kappa shape index (κ3) is 3.34. The Morgan fingerprint density at radius 1 is 1.38 bits per heavy atom. The standard InChI is InChI=1S/C17H26N6O/c1-11(2)16-9-22(20-18-16)10-17(24)23(14-6-7-14)8-15-12(3)19-21(5)13(15)4/h9,11,14H,6-8,10H2,1-5H3. The fraction of sp³-hybridized carbons (Fsp3) is 0.647. The quantitative estimate of drug-likeness (QED) is 0.812. The minimum Gasteiger partial charge on any atom is -0.334 e. The van der Waals surface area contributed by atoms with E-state index in [-0.39, 0.29) is 12.5 Å². The highest BCUT2D eigenvalue weighted by Crippen LogP contribution is 2.30. The van der Waals surface area contributed by atoms with E-state index in [2.05, 4.69) is 36.2 Å². The first-order chi connectivity index (χ1) is 11.4. The molecule has 1 aliphatic rings. The van der Waals surface area contributed by atoms with E-state index in [1.54, 1.807) is 4.68 Å². The molecule has 7 heteroatoms. The van der Waals surface area contributed by atoms with Gasteiger partial charge in [0, 0.05) is 37.1 Å². The van der Waals surface area contributed by atoms with E-state index in [1.807, 2.05) is 29.7 Å². The Kier molecular flexibility index (Phi) is 4.43. The van der Waals surface area contributed by atoms with E-state index < -0.39 is 0 Å². The van der Waals surface area contributed by atoms with Crippen LogP contribution in [0.15, 0.2) is 6.20 Å². The maximum absolute atomic E-state index is 12.8. The first-order valence-electron chi connectivity index (χ1n) is 8.55. The molecule has 1 amide bonds. The molecule has 3 rings (SSSR count). The predicted molar refractivity (Wildman–Crippen MR) is 90.4 cm³/mol. The van der Waals surface area contributed by atoms with Crippen molar-refractivity contribution < 1.29 is 4.79 Å². The zero-order valence-corrected chi connectivity index (χ0v) is 15.2. The minimum atomic E-state index is 0.0976. The summed E-state index contributed by atoms with van der Waals surface area (Å²) in [6.45, 7) is 9.07. The Hall–Kier alpha value is -2.18. The molecule has 130 valence electrons. The van der Waals surface area contributed by atoms with Crippen molar-refractivity contribution in [2.24, 2.45) is 7.05 Å². The van der Waals surface area contributed by atoms with Gasteiger partial charge in [-0.15, -0.1) is 5.10 Å². The molecule has 0 atom stereocenters. The fourth-order valence-electron chi connectivity index (χ4n) is 2.91. The van der Waals surface area contributed by atoms with Crippen molar-refractivity contribution >= 4 is 5.91 Å². The van der Waals surface area contributed by atoms with Crippen LogP contribution in [0, 0.1) is 13.8 Å². The molecule has 0 unspecified atom stereocenters. The fourth-order valence-corrected chi connectivity index (χ4v) is 2.91. The van der Waals surface area contributed by atoms with Gasteiger partial charge in [0.25, 0.3) is 0 Å².